The summed E-state index contributed by atoms with van der Waals surface area (Å²) in [5.41, 5.74) is 17.1. The van der Waals surface area contributed by atoms with Crippen molar-refractivity contribution in [3.8, 4) is 44.8 Å². The van der Waals surface area contributed by atoms with Gasteiger partial charge in [-0.25, -0.2) is 9.97 Å². The monoisotopic (exact) mass is 848 g/mol. The van der Waals surface area contributed by atoms with Crippen molar-refractivity contribution in [2.24, 2.45) is 0 Å². The van der Waals surface area contributed by atoms with Gasteiger partial charge in [-0.2, -0.15) is 0 Å². The highest BCUT2D eigenvalue weighted by atomic mass is 32.1. The molecule has 13 rings (SSSR count). The number of hydrogen-bond donors (Lipinski definition) is 0. The van der Waals surface area contributed by atoms with Crippen LogP contribution in [0.2, 0.25) is 0 Å². The van der Waals surface area contributed by atoms with Crippen LogP contribution in [0.1, 0.15) is 22.3 Å². The molecule has 0 saturated carbocycles. The topological polar surface area (TPSA) is 51.6 Å². The summed E-state index contributed by atoms with van der Waals surface area (Å²) in [7, 11) is 0. The number of fused-ring (bicyclic) bond motifs is 15. The van der Waals surface area contributed by atoms with E-state index in [2.05, 4.69) is 185 Å². The number of rotatable bonds is 4. The molecular weight excluding hydrogens is 809 g/mol. The molecule has 0 bridgehead atoms. The Morgan fingerprint density at radius 2 is 0.646 bits per heavy atom. The number of nitrogens with zero attached hydrogens (tertiary/aromatic N) is 4. The molecule has 5 heteroatoms. The van der Waals surface area contributed by atoms with Gasteiger partial charge in [0.05, 0.1) is 45.8 Å². The van der Waals surface area contributed by atoms with Gasteiger partial charge in [-0.3, -0.25) is 9.97 Å². The van der Waals surface area contributed by atoms with Gasteiger partial charge in [0, 0.05) is 52.8 Å². The maximum atomic E-state index is 5.35. The van der Waals surface area contributed by atoms with Crippen molar-refractivity contribution in [2.45, 2.75) is 27.7 Å². The predicted octanol–water partition coefficient (Wildman–Crippen LogP) is 16.5. The Labute approximate surface area is 379 Å². The van der Waals surface area contributed by atoms with Crippen molar-refractivity contribution in [1.29, 1.82) is 0 Å². The first-order valence-corrected chi connectivity index (χ1v) is 23.0. The van der Waals surface area contributed by atoms with Gasteiger partial charge in [-0.05, 0) is 132 Å². The van der Waals surface area contributed by atoms with Crippen LogP contribution >= 0.6 is 11.3 Å². The van der Waals surface area contributed by atoms with Gasteiger partial charge in [0.15, 0.2) is 0 Å². The highest BCUT2D eigenvalue weighted by Crippen LogP contribution is 2.41. The Kier molecular flexibility index (Phi) is 8.31. The first-order chi connectivity index (χ1) is 31.8. The third-order valence-corrected chi connectivity index (χ3v) is 14.5. The molecule has 65 heavy (non-hydrogen) atoms. The Bertz CT molecular complexity index is 3910. The highest BCUT2D eigenvalue weighted by molar-refractivity contribution is 7.25. The average Bonchev–Trinajstić information content (AvgIpc) is 3.71. The molecule has 3 heterocycles. The van der Waals surface area contributed by atoms with Crippen LogP contribution in [0.3, 0.4) is 0 Å². The Balaban J connectivity index is 0.879. The van der Waals surface area contributed by atoms with Gasteiger partial charge in [-0.15, -0.1) is 11.3 Å². The molecule has 0 spiro atoms. The zero-order valence-corrected chi connectivity index (χ0v) is 37.2. The molecule has 0 N–H and O–H groups in total. The number of benzene rings is 10. The molecule has 0 aliphatic rings. The summed E-state index contributed by atoms with van der Waals surface area (Å²) in [6, 6.07) is 57.8. The van der Waals surface area contributed by atoms with E-state index >= 15 is 0 Å². The molecule has 0 atom stereocenters. The summed E-state index contributed by atoms with van der Waals surface area (Å²) in [4.78, 5) is 20.9. The van der Waals surface area contributed by atoms with E-state index in [0.717, 1.165) is 77.3 Å². The van der Waals surface area contributed by atoms with Crippen LogP contribution in [-0.4, -0.2) is 19.9 Å². The number of aryl methyl sites for hydroxylation is 4. The number of thiophene rings is 1. The number of aromatic nitrogens is 4. The second-order valence-corrected chi connectivity index (χ2v) is 18.9. The van der Waals surface area contributed by atoms with Gasteiger partial charge in [0.1, 0.15) is 0 Å². The lowest BCUT2D eigenvalue weighted by atomic mass is 9.96. The Morgan fingerprint density at radius 1 is 0.292 bits per heavy atom. The van der Waals surface area contributed by atoms with Crippen molar-refractivity contribution < 1.29 is 0 Å². The molecule has 306 valence electrons. The predicted molar refractivity (Wildman–Crippen MR) is 276 cm³/mol. The van der Waals surface area contributed by atoms with Crippen molar-refractivity contribution >= 4 is 96.7 Å². The minimum atomic E-state index is 0.866. The first-order valence-electron chi connectivity index (χ1n) is 22.2. The van der Waals surface area contributed by atoms with E-state index in [9.17, 15) is 0 Å². The van der Waals surface area contributed by atoms with E-state index < -0.39 is 0 Å². The summed E-state index contributed by atoms with van der Waals surface area (Å²) >= 11 is 1.84. The van der Waals surface area contributed by atoms with Crippen LogP contribution in [0, 0.1) is 27.7 Å². The molecule has 10 aromatic carbocycles. The molecule has 0 saturated heterocycles. The fourth-order valence-electron chi connectivity index (χ4n) is 10.0. The summed E-state index contributed by atoms with van der Waals surface area (Å²) in [6.45, 7) is 8.56. The van der Waals surface area contributed by atoms with Gasteiger partial charge in [0.25, 0.3) is 0 Å². The third-order valence-electron chi connectivity index (χ3n) is 13.3. The summed E-state index contributed by atoms with van der Waals surface area (Å²) in [5, 5.41) is 11.9. The van der Waals surface area contributed by atoms with E-state index in [-0.39, 0.29) is 0 Å². The quantitative estimate of drug-likeness (QED) is 0.166. The molecule has 0 unspecified atom stereocenters. The third kappa shape index (κ3) is 6.11. The van der Waals surface area contributed by atoms with Crippen molar-refractivity contribution in [3.05, 3.63) is 192 Å². The fraction of sp³-hybridized carbons (Fsp3) is 0.0667. The smallest absolute Gasteiger partial charge is 0.0979 e. The van der Waals surface area contributed by atoms with Gasteiger partial charge >= 0.3 is 0 Å². The lowest BCUT2D eigenvalue weighted by Gasteiger charge is -2.12. The first kappa shape index (κ1) is 37.7. The van der Waals surface area contributed by atoms with E-state index in [1.165, 1.54) is 75.1 Å². The van der Waals surface area contributed by atoms with Crippen molar-refractivity contribution in [3.63, 3.8) is 0 Å². The van der Waals surface area contributed by atoms with Crippen molar-refractivity contribution in [2.75, 3.05) is 0 Å². The lowest BCUT2D eigenvalue weighted by molar-refractivity contribution is 1.31. The normalized spacial score (nSPS) is 12.0. The molecular formula is C60H40N4S. The maximum absolute atomic E-state index is 5.35. The van der Waals surface area contributed by atoms with Crippen molar-refractivity contribution in [1.82, 2.24) is 19.9 Å². The zero-order valence-electron chi connectivity index (χ0n) is 36.4. The van der Waals surface area contributed by atoms with Crippen LogP contribution in [0.4, 0.5) is 0 Å². The van der Waals surface area contributed by atoms with Gasteiger partial charge in [-0.1, -0.05) is 119 Å². The maximum Gasteiger partial charge on any atom is 0.0979 e. The fourth-order valence-corrected chi connectivity index (χ4v) is 11.1. The van der Waals surface area contributed by atoms with Crippen LogP contribution in [0.25, 0.3) is 130 Å². The molecule has 0 amide bonds. The molecule has 0 fully saturated rings. The van der Waals surface area contributed by atoms with Crippen LogP contribution in [0.5, 0.6) is 0 Å². The Hall–Kier alpha value is -7.86. The van der Waals surface area contributed by atoms with E-state index in [1.807, 2.05) is 23.7 Å². The number of hydrogen-bond acceptors (Lipinski definition) is 5. The SMILES string of the molecule is Cc1ccc2c3ccc(C)cc3c3nc(-c4cccc(-c5ccc6sc7ccc(-c8cccc(-c9cnc%10c%11cc(C)ccc%11c%11ccc(C)cc%11c%10n9)c8)cc7c6c5)c4)cnc3c2c1. The summed E-state index contributed by atoms with van der Waals surface area (Å²) in [6.07, 6.45) is 3.88. The second-order valence-electron chi connectivity index (χ2n) is 17.8. The molecule has 4 nitrogen and oxygen atoms in total. The molecule has 0 aliphatic carbocycles. The molecule has 3 aromatic heterocycles. The van der Waals surface area contributed by atoms with E-state index in [4.69, 9.17) is 19.9 Å². The largest absolute Gasteiger partial charge is 0.252 e. The minimum Gasteiger partial charge on any atom is -0.252 e. The van der Waals surface area contributed by atoms with Gasteiger partial charge in [0.2, 0.25) is 0 Å². The zero-order chi connectivity index (χ0) is 43.5. The van der Waals surface area contributed by atoms with Crippen LogP contribution < -0.4 is 0 Å². The van der Waals surface area contributed by atoms with Crippen LogP contribution in [0.15, 0.2) is 170 Å². The average molecular weight is 849 g/mol. The summed E-state index contributed by atoms with van der Waals surface area (Å²) < 4.78 is 2.54. The standard InChI is InChI=1S/C60H40N4S/c1-33-11-17-43-45-19-13-35(3)25-51(45)59-57(49(43)23-33)61-31-53(63-59)41-9-5-7-37(27-41)39-15-21-55-47(29-39)48-30-40(16-22-56(48)65-55)38-8-6-10-42(28-38)54-32-62-58-50-24-34(2)12-18-44(50)46-20-14-36(4)26-52(46)60(58)64-54/h5-32H,1-4H3. The molecule has 0 aliphatic heterocycles. The Morgan fingerprint density at radius 3 is 1.05 bits per heavy atom. The second kappa shape index (κ2) is 14.3. The van der Waals surface area contributed by atoms with Gasteiger partial charge < -0.3 is 0 Å². The van der Waals surface area contributed by atoms with E-state index in [0.29, 0.717) is 0 Å². The van der Waals surface area contributed by atoms with E-state index in [1.54, 1.807) is 0 Å². The molecule has 0 radical (unpaired) electrons. The highest BCUT2D eigenvalue weighted by Gasteiger charge is 2.17. The minimum absolute atomic E-state index is 0.866. The van der Waals surface area contributed by atoms with Crippen LogP contribution in [-0.2, 0) is 0 Å². The lowest BCUT2D eigenvalue weighted by Crippen LogP contribution is -1.93. The molecule has 13 aromatic rings. The summed E-state index contributed by atoms with van der Waals surface area (Å²) in [5.74, 6) is 0.